The van der Waals surface area contributed by atoms with Gasteiger partial charge in [-0.15, -0.1) is 0 Å². The van der Waals surface area contributed by atoms with Gasteiger partial charge in [-0.05, 0) is 13.8 Å². The summed E-state index contributed by atoms with van der Waals surface area (Å²) in [5, 5.41) is 0. The molecule has 114 valence electrons. The van der Waals surface area contributed by atoms with Gasteiger partial charge in [0, 0.05) is 20.1 Å². The SMILES string of the molecule is CCN(CC)c1nc(NN)nc(N(C)CC(F)(F)F)n1. The van der Waals surface area contributed by atoms with E-state index in [9.17, 15) is 13.2 Å². The number of nitrogen functional groups attached to an aromatic ring is 1. The Hall–Kier alpha value is -1.84. The molecule has 10 heteroatoms. The summed E-state index contributed by atoms with van der Waals surface area (Å²) in [4.78, 5) is 14.6. The predicted octanol–water partition coefficient (Wildman–Crippen LogP) is 1.00. The summed E-state index contributed by atoms with van der Waals surface area (Å²) in [7, 11) is 1.26. The Morgan fingerprint density at radius 1 is 1.10 bits per heavy atom. The van der Waals surface area contributed by atoms with E-state index < -0.39 is 12.7 Å². The first-order valence-electron chi connectivity index (χ1n) is 6.06. The molecule has 1 rings (SSSR count). The van der Waals surface area contributed by atoms with E-state index in [4.69, 9.17) is 5.84 Å². The Bertz CT molecular complexity index is 433. The lowest BCUT2D eigenvalue weighted by atomic mass is 10.5. The van der Waals surface area contributed by atoms with E-state index in [2.05, 4.69) is 20.4 Å². The zero-order valence-electron chi connectivity index (χ0n) is 11.6. The molecule has 0 bridgehead atoms. The molecular formula is C10H18F3N7. The largest absolute Gasteiger partial charge is 0.406 e. The van der Waals surface area contributed by atoms with Crippen LogP contribution in [0.4, 0.5) is 31.0 Å². The molecular weight excluding hydrogens is 275 g/mol. The van der Waals surface area contributed by atoms with E-state index in [0.717, 1.165) is 4.90 Å². The fraction of sp³-hybridized carbons (Fsp3) is 0.700. The van der Waals surface area contributed by atoms with Gasteiger partial charge in [-0.1, -0.05) is 0 Å². The molecule has 0 aromatic carbocycles. The van der Waals surface area contributed by atoms with Crippen molar-refractivity contribution in [2.75, 3.05) is 41.9 Å². The van der Waals surface area contributed by atoms with Crippen molar-refractivity contribution in [1.82, 2.24) is 15.0 Å². The van der Waals surface area contributed by atoms with Gasteiger partial charge >= 0.3 is 6.18 Å². The lowest BCUT2D eigenvalue weighted by Crippen LogP contribution is -2.33. The van der Waals surface area contributed by atoms with Crippen LogP contribution in [0.2, 0.25) is 0 Å². The van der Waals surface area contributed by atoms with Crippen molar-refractivity contribution in [2.24, 2.45) is 5.84 Å². The second-order valence-electron chi connectivity index (χ2n) is 4.05. The first-order chi connectivity index (χ1) is 9.30. The third-order valence-electron chi connectivity index (χ3n) is 2.55. The third kappa shape index (κ3) is 4.37. The normalized spacial score (nSPS) is 11.3. The van der Waals surface area contributed by atoms with Crippen molar-refractivity contribution in [3.8, 4) is 0 Å². The molecule has 0 saturated heterocycles. The Labute approximate surface area is 115 Å². The van der Waals surface area contributed by atoms with Crippen LogP contribution in [0.25, 0.3) is 0 Å². The zero-order chi connectivity index (χ0) is 15.3. The van der Waals surface area contributed by atoms with Gasteiger partial charge in [0.15, 0.2) is 0 Å². The Morgan fingerprint density at radius 2 is 1.65 bits per heavy atom. The highest BCUT2D eigenvalue weighted by atomic mass is 19.4. The minimum Gasteiger partial charge on any atom is -0.341 e. The number of aromatic nitrogens is 3. The van der Waals surface area contributed by atoms with Gasteiger partial charge in [-0.25, -0.2) is 5.84 Å². The van der Waals surface area contributed by atoms with Crippen LogP contribution in [0.15, 0.2) is 0 Å². The zero-order valence-corrected chi connectivity index (χ0v) is 11.6. The second-order valence-corrected chi connectivity index (χ2v) is 4.05. The molecule has 1 aromatic heterocycles. The molecule has 3 N–H and O–H groups in total. The van der Waals surface area contributed by atoms with E-state index in [-0.39, 0.29) is 17.8 Å². The molecule has 0 aliphatic carbocycles. The smallest absolute Gasteiger partial charge is 0.341 e. The van der Waals surface area contributed by atoms with Gasteiger partial charge in [0.2, 0.25) is 17.8 Å². The average molecular weight is 293 g/mol. The first kappa shape index (κ1) is 16.2. The highest BCUT2D eigenvalue weighted by Gasteiger charge is 2.30. The van der Waals surface area contributed by atoms with Gasteiger partial charge in [-0.2, -0.15) is 28.1 Å². The Morgan fingerprint density at radius 3 is 2.10 bits per heavy atom. The molecule has 1 heterocycles. The molecule has 0 unspecified atom stereocenters. The van der Waals surface area contributed by atoms with Crippen LogP contribution in [0.5, 0.6) is 0 Å². The van der Waals surface area contributed by atoms with Crippen LogP contribution >= 0.6 is 0 Å². The number of alkyl halides is 3. The first-order valence-corrected chi connectivity index (χ1v) is 6.06. The van der Waals surface area contributed by atoms with E-state index in [0.29, 0.717) is 13.1 Å². The van der Waals surface area contributed by atoms with Crippen molar-refractivity contribution in [2.45, 2.75) is 20.0 Å². The maximum Gasteiger partial charge on any atom is 0.406 e. The predicted molar refractivity (Wildman–Crippen MR) is 70.5 cm³/mol. The summed E-state index contributed by atoms with van der Waals surface area (Å²) in [5.74, 6) is 5.44. The van der Waals surface area contributed by atoms with Gasteiger partial charge in [0.25, 0.3) is 0 Å². The Kier molecular flexibility index (Phi) is 5.31. The van der Waals surface area contributed by atoms with Crippen LogP contribution in [0.1, 0.15) is 13.8 Å². The van der Waals surface area contributed by atoms with Crippen LogP contribution in [-0.2, 0) is 0 Å². The summed E-state index contributed by atoms with van der Waals surface area (Å²) in [5.41, 5.74) is 2.23. The maximum absolute atomic E-state index is 12.4. The number of anilines is 3. The van der Waals surface area contributed by atoms with Gasteiger partial charge in [-0.3, -0.25) is 5.43 Å². The number of nitrogens with two attached hydrogens (primary N) is 1. The maximum atomic E-state index is 12.4. The molecule has 20 heavy (non-hydrogen) atoms. The van der Waals surface area contributed by atoms with Gasteiger partial charge in [0.05, 0.1) is 0 Å². The second kappa shape index (κ2) is 6.55. The number of halogens is 3. The molecule has 0 amide bonds. The van der Waals surface area contributed by atoms with Crippen LogP contribution in [-0.4, -0.2) is 47.8 Å². The summed E-state index contributed by atoms with van der Waals surface area (Å²) >= 11 is 0. The van der Waals surface area contributed by atoms with Crippen molar-refractivity contribution in [1.29, 1.82) is 0 Å². The molecule has 0 spiro atoms. The monoisotopic (exact) mass is 293 g/mol. The van der Waals surface area contributed by atoms with Crippen LogP contribution < -0.4 is 21.1 Å². The lowest BCUT2D eigenvalue weighted by Gasteiger charge is -2.23. The van der Waals surface area contributed by atoms with Crippen molar-refractivity contribution >= 4 is 17.8 Å². The highest BCUT2D eigenvalue weighted by molar-refractivity contribution is 5.44. The lowest BCUT2D eigenvalue weighted by molar-refractivity contribution is -0.119. The van der Waals surface area contributed by atoms with Gasteiger partial charge < -0.3 is 9.80 Å². The van der Waals surface area contributed by atoms with E-state index in [1.165, 1.54) is 7.05 Å². The van der Waals surface area contributed by atoms with Crippen LogP contribution in [0, 0.1) is 0 Å². The van der Waals surface area contributed by atoms with E-state index in [1.54, 1.807) is 4.90 Å². The molecule has 0 saturated carbocycles. The number of nitrogens with zero attached hydrogens (tertiary/aromatic N) is 5. The van der Waals surface area contributed by atoms with Crippen molar-refractivity contribution in [3.05, 3.63) is 0 Å². The number of hydrazine groups is 1. The van der Waals surface area contributed by atoms with Crippen LogP contribution in [0.3, 0.4) is 0 Å². The highest BCUT2D eigenvalue weighted by Crippen LogP contribution is 2.20. The summed E-state index contributed by atoms with van der Waals surface area (Å²) in [6, 6.07) is 0. The fourth-order valence-electron chi connectivity index (χ4n) is 1.58. The fourth-order valence-corrected chi connectivity index (χ4v) is 1.58. The third-order valence-corrected chi connectivity index (χ3v) is 2.55. The standard InChI is InChI=1S/C10H18F3N7/c1-4-20(5-2)9-16-7(18-14)15-8(17-9)19(3)6-10(11,12)13/h4-6,14H2,1-3H3,(H,15,16,17,18). The quantitative estimate of drug-likeness (QED) is 0.598. The minimum atomic E-state index is -4.34. The topological polar surface area (TPSA) is 83.2 Å². The van der Waals surface area contributed by atoms with E-state index >= 15 is 0 Å². The molecule has 1 aromatic rings. The average Bonchev–Trinajstić information content (AvgIpc) is 2.37. The number of nitrogens with one attached hydrogen (secondary N) is 1. The number of hydrogen-bond acceptors (Lipinski definition) is 7. The number of hydrogen-bond donors (Lipinski definition) is 2. The van der Waals surface area contributed by atoms with E-state index in [1.807, 2.05) is 13.8 Å². The molecule has 0 atom stereocenters. The van der Waals surface area contributed by atoms with Gasteiger partial charge in [0.1, 0.15) is 6.54 Å². The van der Waals surface area contributed by atoms with Crippen molar-refractivity contribution < 1.29 is 13.2 Å². The Balaban J connectivity index is 3.10. The molecule has 0 radical (unpaired) electrons. The number of rotatable bonds is 6. The minimum absolute atomic E-state index is 0.0194. The van der Waals surface area contributed by atoms with Crippen molar-refractivity contribution in [3.63, 3.8) is 0 Å². The molecule has 0 aliphatic rings. The molecule has 0 fully saturated rings. The molecule has 7 nitrogen and oxygen atoms in total. The summed E-state index contributed by atoms with van der Waals surface area (Å²) < 4.78 is 37.2. The molecule has 0 aliphatic heterocycles. The summed E-state index contributed by atoms with van der Waals surface area (Å²) in [6.45, 7) is 3.86. The summed E-state index contributed by atoms with van der Waals surface area (Å²) in [6.07, 6.45) is -4.34.